The molecular formula is C30H73O13Si7Ti. The first kappa shape index (κ1) is 52.7. The molecule has 2 saturated heterocycles. The molecule has 21 heteroatoms. The molecule has 2 aliphatic heterocycles. The number of hydrogen-bond donors (Lipinski definition) is 5. The molecule has 0 saturated carbocycles. The zero-order chi connectivity index (χ0) is 38.9. The molecule has 2 bridgehead atoms. The molecule has 0 spiro atoms. The van der Waals surface area contributed by atoms with E-state index in [2.05, 4.69) is 13.8 Å². The largest absolute Gasteiger partial charge is 0.488 e. The minimum absolute atomic E-state index is 0. The van der Waals surface area contributed by atoms with Gasteiger partial charge in [0.15, 0.2) is 0 Å². The van der Waals surface area contributed by atoms with E-state index in [9.17, 15) is 19.2 Å². The van der Waals surface area contributed by atoms with Crippen LogP contribution >= 0.6 is 0 Å². The Bertz CT molecular complexity index is 1000. The van der Waals surface area contributed by atoms with Crippen molar-refractivity contribution in [1.29, 1.82) is 0 Å². The number of hydrogen-bond acceptors (Lipinski definition) is 13. The third-order valence-electron chi connectivity index (χ3n) is 6.98. The maximum atomic E-state index is 12.6. The molecular weight excluding hydrogens is 813 g/mol. The minimum Gasteiger partial charge on any atom is -0.397 e. The first-order valence-electron chi connectivity index (χ1n) is 18.6. The molecule has 2 heterocycles. The molecule has 0 aromatic heterocycles. The van der Waals surface area contributed by atoms with Gasteiger partial charge in [0.1, 0.15) is 0 Å². The van der Waals surface area contributed by atoms with E-state index in [4.69, 9.17) is 38.0 Å². The third kappa shape index (κ3) is 19.1. The summed E-state index contributed by atoms with van der Waals surface area (Å²) in [6, 6.07) is 1.69. The van der Waals surface area contributed by atoms with E-state index in [0.717, 1.165) is 0 Å². The predicted molar refractivity (Wildman–Crippen MR) is 208 cm³/mol. The normalized spacial score (nSPS) is 31.1. The van der Waals surface area contributed by atoms with Crippen molar-refractivity contribution in [2.45, 2.75) is 146 Å². The maximum Gasteiger partial charge on any atom is 0.488 e. The number of rotatable bonds is 16. The third-order valence-corrected chi connectivity index (χ3v) is 35.5. The van der Waals surface area contributed by atoms with Gasteiger partial charge in [0.05, 0.1) is 0 Å². The Morgan fingerprint density at radius 1 is 0.549 bits per heavy atom. The van der Waals surface area contributed by atoms with Crippen LogP contribution in [0.4, 0.5) is 0 Å². The fourth-order valence-corrected chi connectivity index (χ4v) is 39.2. The molecule has 0 aromatic rings. The van der Waals surface area contributed by atoms with E-state index in [1.807, 2.05) is 83.1 Å². The average molecular weight is 886 g/mol. The minimum atomic E-state index is -4.40. The first-order chi connectivity index (χ1) is 22.7. The molecule has 5 unspecified atom stereocenters. The molecule has 0 aromatic carbocycles. The van der Waals surface area contributed by atoms with Crippen LogP contribution in [-0.2, 0) is 54.6 Å². The number of fused-ring (bicyclic) bond motifs is 2. The zero-order valence-electron chi connectivity index (χ0n) is 34.2. The van der Waals surface area contributed by atoms with Gasteiger partial charge in [-0.3, -0.25) is 0 Å². The zero-order valence-corrected chi connectivity index (χ0v) is 42.8. The second-order valence-electron chi connectivity index (χ2n) is 16.9. The van der Waals surface area contributed by atoms with Gasteiger partial charge in [-0.25, -0.2) is 0 Å². The molecule has 13 nitrogen and oxygen atoms in total. The quantitative estimate of drug-likeness (QED) is 0.117. The van der Waals surface area contributed by atoms with Crippen molar-refractivity contribution in [3.05, 3.63) is 0 Å². The monoisotopic (exact) mass is 885 g/mol. The Labute approximate surface area is 333 Å². The van der Waals surface area contributed by atoms with Crippen LogP contribution in [0.3, 0.4) is 0 Å². The van der Waals surface area contributed by atoms with Crippen LogP contribution in [0.2, 0.25) is 42.3 Å². The van der Waals surface area contributed by atoms with E-state index in [0.29, 0.717) is 12.1 Å². The Hall–Kier alpha value is 1.71. The van der Waals surface area contributed by atoms with Crippen molar-refractivity contribution >= 4 is 62.1 Å². The van der Waals surface area contributed by atoms with Gasteiger partial charge >= 0.3 is 62.1 Å². The number of aliphatic hydroxyl groups is 1. The molecule has 5 N–H and O–H groups in total. The van der Waals surface area contributed by atoms with E-state index >= 15 is 0 Å². The summed E-state index contributed by atoms with van der Waals surface area (Å²) in [4.78, 5) is 47.7. The Kier molecular flexibility index (Phi) is 22.8. The van der Waals surface area contributed by atoms with Crippen molar-refractivity contribution < 1.29 is 78.9 Å². The van der Waals surface area contributed by atoms with Crippen LogP contribution in [0, 0.1) is 41.4 Å². The van der Waals surface area contributed by atoms with Crippen molar-refractivity contribution in [3.63, 3.8) is 0 Å². The van der Waals surface area contributed by atoms with Gasteiger partial charge in [-0.15, -0.1) is 0 Å². The molecule has 2 fully saturated rings. The van der Waals surface area contributed by atoms with Crippen LogP contribution in [0.1, 0.15) is 104 Å². The van der Waals surface area contributed by atoms with E-state index < -0.39 is 62.1 Å². The summed E-state index contributed by atoms with van der Waals surface area (Å²) in [5.41, 5.74) is 0. The Morgan fingerprint density at radius 3 is 1.41 bits per heavy atom. The van der Waals surface area contributed by atoms with Gasteiger partial charge < -0.3 is 57.2 Å². The summed E-state index contributed by atoms with van der Waals surface area (Å²) in [6.07, 6.45) is 0. The van der Waals surface area contributed by atoms with Gasteiger partial charge in [-0.1, -0.05) is 96.9 Å². The van der Waals surface area contributed by atoms with Crippen LogP contribution in [0.5, 0.6) is 0 Å². The van der Waals surface area contributed by atoms with Gasteiger partial charge in [0, 0.05) is 64.6 Å². The van der Waals surface area contributed by atoms with E-state index in [1.165, 1.54) is 0 Å². The van der Waals surface area contributed by atoms with Crippen molar-refractivity contribution in [2.75, 3.05) is 6.61 Å². The second kappa shape index (κ2) is 22.0. The molecule has 0 amide bonds. The summed E-state index contributed by atoms with van der Waals surface area (Å²) >= 11 is 0. The molecule has 0 aliphatic carbocycles. The van der Waals surface area contributed by atoms with Crippen LogP contribution in [-0.4, -0.2) is 93.0 Å². The van der Waals surface area contributed by atoms with E-state index in [1.54, 1.807) is 6.92 Å². The molecule has 1 radical (unpaired) electrons. The van der Waals surface area contributed by atoms with Crippen molar-refractivity contribution in [1.82, 2.24) is 0 Å². The fraction of sp³-hybridized carbons (Fsp3) is 1.00. The average Bonchev–Trinajstić information content (AvgIpc) is 2.77. The SMILES string of the molecule is CC(C)C[Si]1O[Si](O)(CC(C)C)O[Si]2(CC(C)C)O[Si](O)(CC(C)C)O[Si](CC(C)C)(O[Si](O)(O)CC(C)C)O[Si](CC(C)C)(O1)O2.CCO.[Ti]. The van der Waals surface area contributed by atoms with Crippen molar-refractivity contribution in [3.8, 4) is 0 Å². The smallest absolute Gasteiger partial charge is 0.397 e. The summed E-state index contributed by atoms with van der Waals surface area (Å²) in [7, 11) is -27.4. The van der Waals surface area contributed by atoms with Gasteiger partial charge in [0.25, 0.3) is 0 Å². The Balaban J connectivity index is 0.00000602. The molecule has 2 rings (SSSR count). The van der Waals surface area contributed by atoms with Gasteiger partial charge in [-0.05, 0) is 54.4 Å². The predicted octanol–water partition coefficient (Wildman–Crippen LogP) is 5.83. The van der Waals surface area contributed by atoms with Gasteiger partial charge in [0.2, 0.25) is 0 Å². The van der Waals surface area contributed by atoms with Crippen LogP contribution in [0.15, 0.2) is 0 Å². The Morgan fingerprint density at radius 2 is 0.980 bits per heavy atom. The summed E-state index contributed by atoms with van der Waals surface area (Å²) in [6.45, 7) is 29.8. The molecule has 51 heavy (non-hydrogen) atoms. The molecule has 2 aliphatic rings. The standard InChI is InChI=1S/C28H67O12Si7.C2H6O.Ti/c1-22(2)15-41-33-43(31,17-24(5)6)36-47(21-28(13)14)38-44(32,18-25(7)8)37-46(20-27(11)12,35-42(29,30)16-23(3)4)39-45(34-41,40-47)19-26(9)10;1-2-3;/h22-32H,15-21H2,1-14H3;3H,2H2,1H3;. The summed E-state index contributed by atoms with van der Waals surface area (Å²) in [5.74, 6) is -0.0229. The number of aliphatic hydroxyl groups excluding tert-OH is 1. The second-order valence-corrected chi connectivity index (χ2v) is 35.5. The van der Waals surface area contributed by atoms with Crippen LogP contribution < -0.4 is 0 Å². The maximum absolute atomic E-state index is 12.6. The van der Waals surface area contributed by atoms with Gasteiger partial charge in [-0.2, -0.15) is 0 Å². The topological polar surface area (TPSA) is 175 Å². The molecule has 303 valence electrons. The molecule has 5 atom stereocenters. The van der Waals surface area contributed by atoms with Crippen molar-refractivity contribution in [2.24, 2.45) is 41.4 Å². The fourth-order valence-electron chi connectivity index (χ4n) is 6.12. The van der Waals surface area contributed by atoms with E-state index in [-0.39, 0.29) is 100.0 Å². The van der Waals surface area contributed by atoms with Crippen LogP contribution in [0.25, 0.3) is 0 Å². The first-order valence-corrected chi connectivity index (χ1v) is 31.9. The summed E-state index contributed by atoms with van der Waals surface area (Å²) in [5, 5.41) is 7.57. The summed E-state index contributed by atoms with van der Waals surface area (Å²) < 4.78 is 55.1.